The summed E-state index contributed by atoms with van der Waals surface area (Å²) in [5.74, 6) is 1.26. The third-order valence-electron chi connectivity index (χ3n) is 7.00. The van der Waals surface area contributed by atoms with E-state index in [4.69, 9.17) is 21.7 Å². The summed E-state index contributed by atoms with van der Waals surface area (Å²) < 4.78 is 12.3. The predicted octanol–water partition coefficient (Wildman–Crippen LogP) is 3.89. The summed E-state index contributed by atoms with van der Waals surface area (Å²) in [6.45, 7) is 5.18. The highest BCUT2D eigenvalue weighted by Gasteiger charge is 2.32. The SMILES string of the molecule is O=C1/C(=C/c2cc(-c3ccc4[nH]ccc4c3)ccc2OCCN2CCOCC2)SC(=S)N1CCCc1nn[nH]n1. The number of morpholine rings is 1. The van der Waals surface area contributed by atoms with Crippen molar-refractivity contribution in [2.45, 2.75) is 12.8 Å². The lowest BCUT2D eigenvalue weighted by atomic mass is 10.0. The zero-order valence-electron chi connectivity index (χ0n) is 21.8. The molecule has 4 aromatic rings. The number of hydrogen-bond acceptors (Lipinski definition) is 9. The Hall–Kier alpha value is -3.58. The second-order valence-corrected chi connectivity index (χ2v) is 11.3. The van der Waals surface area contributed by atoms with Gasteiger partial charge in [-0.25, -0.2) is 0 Å². The number of aryl methyl sites for hydroxylation is 1. The Balaban J connectivity index is 1.23. The van der Waals surface area contributed by atoms with Crippen LogP contribution in [-0.2, 0) is 16.0 Å². The number of nitrogens with one attached hydrogen (secondary N) is 2. The highest BCUT2D eigenvalue weighted by Crippen LogP contribution is 2.36. The van der Waals surface area contributed by atoms with E-state index < -0.39 is 0 Å². The molecule has 0 radical (unpaired) electrons. The number of tetrazole rings is 1. The van der Waals surface area contributed by atoms with Crippen molar-refractivity contribution in [3.63, 3.8) is 0 Å². The number of hydrogen-bond donors (Lipinski definition) is 2. The van der Waals surface area contributed by atoms with Crippen LogP contribution in [0, 0.1) is 0 Å². The highest BCUT2D eigenvalue weighted by molar-refractivity contribution is 8.26. The molecular formula is C28H29N7O3S2. The zero-order chi connectivity index (χ0) is 27.3. The number of aromatic amines is 2. The van der Waals surface area contributed by atoms with Gasteiger partial charge in [0.05, 0.1) is 18.1 Å². The molecule has 2 aromatic heterocycles. The normalized spacial score (nSPS) is 17.4. The number of aromatic nitrogens is 5. The van der Waals surface area contributed by atoms with Crippen LogP contribution in [0.2, 0.25) is 0 Å². The van der Waals surface area contributed by atoms with Gasteiger partial charge in [0.25, 0.3) is 5.91 Å². The molecule has 2 fully saturated rings. The summed E-state index contributed by atoms with van der Waals surface area (Å²) >= 11 is 6.89. The number of fused-ring (bicyclic) bond motifs is 1. The number of amides is 1. The molecule has 4 heterocycles. The highest BCUT2D eigenvalue weighted by atomic mass is 32.2. The molecular weight excluding hydrogens is 546 g/mol. The second kappa shape index (κ2) is 12.3. The number of carbonyl (C=O) groups is 1. The van der Waals surface area contributed by atoms with Crippen LogP contribution in [0.4, 0.5) is 0 Å². The van der Waals surface area contributed by atoms with E-state index in [1.165, 1.54) is 11.8 Å². The van der Waals surface area contributed by atoms with Crippen molar-refractivity contribution in [2.24, 2.45) is 0 Å². The summed E-state index contributed by atoms with van der Waals surface area (Å²) in [5, 5.41) is 15.1. The van der Waals surface area contributed by atoms with Crippen LogP contribution in [0.5, 0.6) is 5.75 Å². The molecule has 206 valence electrons. The van der Waals surface area contributed by atoms with Gasteiger partial charge in [0.15, 0.2) is 5.82 Å². The van der Waals surface area contributed by atoms with Gasteiger partial charge in [-0.15, -0.1) is 10.2 Å². The fraction of sp³-hybridized carbons (Fsp3) is 0.321. The van der Waals surface area contributed by atoms with Gasteiger partial charge < -0.3 is 14.5 Å². The molecule has 0 unspecified atom stereocenters. The number of ether oxygens (including phenoxy) is 2. The van der Waals surface area contributed by atoms with Crippen LogP contribution in [-0.4, -0.2) is 91.6 Å². The van der Waals surface area contributed by atoms with Crippen LogP contribution in [0.3, 0.4) is 0 Å². The van der Waals surface area contributed by atoms with E-state index in [-0.39, 0.29) is 5.91 Å². The van der Waals surface area contributed by atoms with Crippen LogP contribution >= 0.6 is 24.0 Å². The third-order valence-corrected chi connectivity index (χ3v) is 8.37. The van der Waals surface area contributed by atoms with E-state index in [1.807, 2.05) is 18.3 Å². The lowest BCUT2D eigenvalue weighted by Crippen LogP contribution is -2.38. The summed E-state index contributed by atoms with van der Waals surface area (Å²) in [6.07, 6.45) is 5.14. The maximum absolute atomic E-state index is 13.4. The molecule has 40 heavy (non-hydrogen) atoms. The van der Waals surface area contributed by atoms with Gasteiger partial charge >= 0.3 is 0 Å². The van der Waals surface area contributed by atoms with Crippen molar-refractivity contribution in [1.82, 2.24) is 35.4 Å². The van der Waals surface area contributed by atoms with Gasteiger partial charge in [-0.3, -0.25) is 14.6 Å². The number of thiocarbonyl (C=S) groups is 1. The summed E-state index contributed by atoms with van der Waals surface area (Å²) in [5.41, 5.74) is 4.08. The largest absolute Gasteiger partial charge is 0.492 e. The Bertz CT molecular complexity index is 1530. The van der Waals surface area contributed by atoms with Gasteiger partial charge in [-0.1, -0.05) is 41.3 Å². The second-order valence-electron chi connectivity index (χ2n) is 9.60. The van der Waals surface area contributed by atoms with E-state index in [2.05, 4.69) is 66.9 Å². The fourth-order valence-electron chi connectivity index (χ4n) is 4.83. The van der Waals surface area contributed by atoms with Gasteiger partial charge in [-0.2, -0.15) is 5.21 Å². The maximum Gasteiger partial charge on any atom is 0.266 e. The number of H-pyrrole nitrogens is 2. The van der Waals surface area contributed by atoms with Crippen LogP contribution in [0.15, 0.2) is 53.6 Å². The van der Waals surface area contributed by atoms with Gasteiger partial charge in [0.1, 0.15) is 16.7 Å². The molecule has 2 aliphatic rings. The first-order valence-corrected chi connectivity index (χ1v) is 14.5. The molecule has 0 atom stereocenters. The molecule has 12 heteroatoms. The van der Waals surface area contributed by atoms with Crippen molar-refractivity contribution < 1.29 is 14.3 Å². The Morgan fingerprint density at radius 3 is 2.80 bits per heavy atom. The average Bonchev–Trinajstić information content (AvgIpc) is 3.72. The molecule has 2 aromatic carbocycles. The van der Waals surface area contributed by atoms with E-state index in [1.54, 1.807) is 4.90 Å². The summed E-state index contributed by atoms with van der Waals surface area (Å²) in [7, 11) is 0. The van der Waals surface area contributed by atoms with Crippen molar-refractivity contribution >= 4 is 51.2 Å². The molecule has 0 aliphatic carbocycles. The van der Waals surface area contributed by atoms with E-state index >= 15 is 0 Å². The quantitative estimate of drug-likeness (QED) is 0.215. The molecule has 1 amide bonds. The minimum absolute atomic E-state index is 0.0958. The van der Waals surface area contributed by atoms with Crippen molar-refractivity contribution in [1.29, 1.82) is 0 Å². The molecule has 2 saturated heterocycles. The van der Waals surface area contributed by atoms with E-state index in [0.717, 1.165) is 66.2 Å². The van der Waals surface area contributed by atoms with Crippen LogP contribution in [0.1, 0.15) is 17.8 Å². The minimum Gasteiger partial charge on any atom is -0.492 e. The van der Waals surface area contributed by atoms with Crippen LogP contribution < -0.4 is 4.74 Å². The minimum atomic E-state index is -0.0958. The fourth-order valence-corrected chi connectivity index (χ4v) is 6.13. The van der Waals surface area contributed by atoms with E-state index in [9.17, 15) is 4.79 Å². The smallest absolute Gasteiger partial charge is 0.266 e. The Morgan fingerprint density at radius 1 is 1.10 bits per heavy atom. The molecule has 0 bridgehead atoms. The first-order chi connectivity index (χ1) is 19.6. The van der Waals surface area contributed by atoms with Crippen molar-refractivity contribution in [2.75, 3.05) is 46.0 Å². The Morgan fingerprint density at radius 2 is 1.95 bits per heavy atom. The maximum atomic E-state index is 13.4. The van der Waals surface area contributed by atoms with E-state index in [0.29, 0.717) is 41.0 Å². The number of benzene rings is 2. The molecule has 0 spiro atoms. The Labute approximate surface area is 241 Å². The van der Waals surface area contributed by atoms with Gasteiger partial charge in [0, 0.05) is 49.9 Å². The van der Waals surface area contributed by atoms with Crippen molar-refractivity contribution in [3.05, 3.63) is 65.0 Å². The Kier molecular flexibility index (Phi) is 8.19. The topological polar surface area (TPSA) is 112 Å². The summed E-state index contributed by atoms with van der Waals surface area (Å²) in [6, 6.07) is 14.5. The monoisotopic (exact) mass is 575 g/mol. The first kappa shape index (κ1) is 26.6. The molecule has 2 aliphatic heterocycles. The van der Waals surface area contributed by atoms with Crippen LogP contribution in [0.25, 0.3) is 28.1 Å². The molecule has 6 rings (SSSR count). The number of thioether (sulfide) groups is 1. The van der Waals surface area contributed by atoms with Gasteiger partial charge in [-0.05, 0) is 59.3 Å². The lowest BCUT2D eigenvalue weighted by Gasteiger charge is -2.26. The molecule has 2 N–H and O–H groups in total. The molecule has 0 saturated carbocycles. The number of rotatable bonds is 10. The zero-order valence-corrected chi connectivity index (χ0v) is 23.5. The standard InChI is InChI=1S/C28H29N7O3S2/c36-27-25(40-28(39)35(27)9-1-2-26-30-32-33-31-26)18-22-17-20(19-3-5-23-21(16-19)7-8-29-23)4-6-24(22)38-15-12-34-10-13-37-14-11-34/h3-8,16-18,29H,1-2,9-15H2,(H,30,31,32,33)/b25-18-. The summed E-state index contributed by atoms with van der Waals surface area (Å²) in [4.78, 5) is 21.2. The van der Waals surface area contributed by atoms with Crippen molar-refractivity contribution in [3.8, 4) is 16.9 Å². The number of nitrogens with zero attached hydrogens (tertiary/aromatic N) is 5. The predicted molar refractivity (Wildman–Crippen MR) is 159 cm³/mol. The number of carbonyl (C=O) groups excluding carboxylic acids is 1. The molecule has 10 nitrogen and oxygen atoms in total. The average molecular weight is 576 g/mol. The first-order valence-electron chi connectivity index (χ1n) is 13.3. The third kappa shape index (κ3) is 6.09. The lowest BCUT2D eigenvalue weighted by molar-refractivity contribution is -0.122. The van der Waals surface area contributed by atoms with Gasteiger partial charge in [0.2, 0.25) is 0 Å².